The van der Waals surface area contributed by atoms with Gasteiger partial charge in [-0.05, 0) is 54.8 Å². The lowest BCUT2D eigenvalue weighted by atomic mass is 9.94. The van der Waals surface area contributed by atoms with Crippen molar-refractivity contribution in [2.45, 2.75) is 18.9 Å². The number of aromatic nitrogens is 1. The van der Waals surface area contributed by atoms with Crippen molar-refractivity contribution in [2.75, 3.05) is 13.2 Å². The first-order valence-electron chi connectivity index (χ1n) is 8.56. The third-order valence-electron chi connectivity index (χ3n) is 4.95. The van der Waals surface area contributed by atoms with Crippen LogP contribution in [0.25, 0.3) is 10.9 Å². The first-order chi connectivity index (χ1) is 12.6. The minimum atomic E-state index is -0.207. The number of fused-ring (bicyclic) bond motifs is 3. The zero-order valence-electron chi connectivity index (χ0n) is 14.0. The summed E-state index contributed by atoms with van der Waals surface area (Å²) in [6, 6.07) is 12.5. The van der Waals surface area contributed by atoms with Gasteiger partial charge in [0.1, 0.15) is 0 Å². The van der Waals surface area contributed by atoms with E-state index in [9.17, 15) is 9.90 Å². The Labute approximate surface area is 161 Å². The second-order valence-corrected chi connectivity index (χ2v) is 7.37. The van der Waals surface area contributed by atoms with E-state index in [4.69, 9.17) is 23.2 Å². The van der Waals surface area contributed by atoms with Crippen LogP contribution in [0.1, 0.15) is 34.1 Å². The lowest BCUT2D eigenvalue weighted by molar-refractivity contribution is 0.0624. The summed E-state index contributed by atoms with van der Waals surface area (Å²) in [6.07, 6.45) is 1.21. The predicted octanol–water partition coefficient (Wildman–Crippen LogP) is 4.60. The number of aliphatic hydroxyl groups is 1. The molecule has 1 atom stereocenters. The first-order valence-corrected chi connectivity index (χ1v) is 9.31. The molecule has 26 heavy (non-hydrogen) atoms. The quantitative estimate of drug-likeness (QED) is 0.688. The second-order valence-electron chi connectivity index (χ2n) is 6.49. The van der Waals surface area contributed by atoms with Gasteiger partial charge in [-0.3, -0.25) is 4.79 Å². The molecule has 1 amide bonds. The number of rotatable bonds is 3. The van der Waals surface area contributed by atoms with Crippen molar-refractivity contribution in [3.63, 3.8) is 0 Å². The molecule has 3 aromatic rings. The van der Waals surface area contributed by atoms with Crippen LogP contribution in [0.3, 0.4) is 0 Å². The maximum absolute atomic E-state index is 13.1. The van der Waals surface area contributed by atoms with Crippen LogP contribution in [-0.4, -0.2) is 34.0 Å². The minimum Gasteiger partial charge on any atom is -0.396 e. The van der Waals surface area contributed by atoms with Crippen LogP contribution in [-0.2, 0) is 6.42 Å². The smallest absolute Gasteiger partial charge is 0.254 e. The molecule has 2 aromatic carbocycles. The van der Waals surface area contributed by atoms with Crippen molar-refractivity contribution in [3.8, 4) is 0 Å². The molecule has 1 aromatic heterocycles. The number of hydrogen-bond donors (Lipinski definition) is 2. The van der Waals surface area contributed by atoms with Crippen LogP contribution in [0.4, 0.5) is 0 Å². The molecule has 6 heteroatoms. The van der Waals surface area contributed by atoms with E-state index in [0.717, 1.165) is 23.0 Å². The van der Waals surface area contributed by atoms with Crippen LogP contribution < -0.4 is 0 Å². The van der Waals surface area contributed by atoms with Crippen LogP contribution in [0.15, 0.2) is 42.5 Å². The molecule has 0 aliphatic carbocycles. The average Bonchev–Trinajstić information content (AvgIpc) is 3.00. The Morgan fingerprint density at radius 1 is 1.19 bits per heavy atom. The number of hydrogen-bond acceptors (Lipinski definition) is 2. The molecular weight excluding hydrogens is 371 g/mol. The zero-order valence-corrected chi connectivity index (χ0v) is 15.5. The molecule has 1 aliphatic rings. The fourth-order valence-electron chi connectivity index (χ4n) is 3.79. The van der Waals surface area contributed by atoms with Gasteiger partial charge in [0.25, 0.3) is 5.91 Å². The summed E-state index contributed by atoms with van der Waals surface area (Å²) in [4.78, 5) is 18.3. The van der Waals surface area contributed by atoms with Crippen molar-refractivity contribution in [3.05, 3.63) is 69.3 Å². The normalized spacial score (nSPS) is 16.7. The summed E-state index contributed by atoms with van der Waals surface area (Å²) in [6.45, 7) is 0.585. The number of H-pyrrole nitrogens is 1. The summed E-state index contributed by atoms with van der Waals surface area (Å²) in [5.74, 6) is -0.0757. The Balaban J connectivity index is 1.76. The van der Waals surface area contributed by atoms with E-state index in [1.807, 2.05) is 23.1 Å². The van der Waals surface area contributed by atoms with Crippen molar-refractivity contribution >= 4 is 40.0 Å². The van der Waals surface area contributed by atoms with E-state index < -0.39 is 0 Å². The molecule has 2 N–H and O–H groups in total. The SMILES string of the molecule is O=C(c1cccc(Cl)c1)N1CCc2c([nH]c3ccc(Cl)cc23)C1CCO. The number of amides is 1. The number of nitrogens with one attached hydrogen (secondary N) is 1. The van der Waals surface area contributed by atoms with Gasteiger partial charge in [0.15, 0.2) is 0 Å². The highest BCUT2D eigenvalue weighted by Crippen LogP contribution is 2.37. The van der Waals surface area contributed by atoms with Gasteiger partial charge in [-0.1, -0.05) is 29.3 Å². The van der Waals surface area contributed by atoms with Crippen LogP contribution in [0, 0.1) is 0 Å². The average molecular weight is 389 g/mol. The Hall–Kier alpha value is -2.01. The van der Waals surface area contributed by atoms with Crippen LogP contribution >= 0.6 is 23.2 Å². The number of carbonyl (C=O) groups is 1. The fourth-order valence-corrected chi connectivity index (χ4v) is 4.15. The number of aliphatic hydroxyl groups excluding tert-OH is 1. The second kappa shape index (κ2) is 6.95. The Morgan fingerprint density at radius 2 is 2.00 bits per heavy atom. The number of nitrogens with zero attached hydrogens (tertiary/aromatic N) is 1. The van der Waals surface area contributed by atoms with E-state index in [1.165, 1.54) is 5.56 Å². The lowest BCUT2D eigenvalue weighted by Crippen LogP contribution is -2.40. The lowest BCUT2D eigenvalue weighted by Gasteiger charge is -2.35. The highest BCUT2D eigenvalue weighted by atomic mass is 35.5. The van der Waals surface area contributed by atoms with Crippen molar-refractivity contribution in [2.24, 2.45) is 0 Å². The highest BCUT2D eigenvalue weighted by Gasteiger charge is 2.33. The fraction of sp³-hybridized carbons (Fsp3) is 0.250. The number of benzene rings is 2. The minimum absolute atomic E-state index is 0.000443. The largest absolute Gasteiger partial charge is 0.396 e. The topological polar surface area (TPSA) is 56.3 Å². The molecule has 2 heterocycles. The van der Waals surface area contributed by atoms with E-state index in [1.54, 1.807) is 24.3 Å². The maximum Gasteiger partial charge on any atom is 0.254 e. The predicted molar refractivity (Wildman–Crippen MR) is 104 cm³/mol. The first kappa shape index (κ1) is 17.4. The molecule has 0 spiro atoms. The molecule has 0 saturated heterocycles. The van der Waals surface area contributed by atoms with Crippen molar-refractivity contribution in [1.82, 2.24) is 9.88 Å². The number of aromatic amines is 1. The van der Waals surface area contributed by atoms with Crippen molar-refractivity contribution < 1.29 is 9.90 Å². The monoisotopic (exact) mass is 388 g/mol. The zero-order chi connectivity index (χ0) is 18.3. The van der Waals surface area contributed by atoms with Gasteiger partial charge < -0.3 is 15.0 Å². The maximum atomic E-state index is 13.1. The molecule has 4 nitrogen and oxygen atoms in total. The number of halogens is 2. The van der Waals surface area contributed by atoms with E-state index in [2.05, 4.69) is 4.98 Å². The molecule has 0 bridgehead atoms. The van der Waals surface area contributed by atoms with Gasteiger partial charge in [-0.25, -0.2) is 0 Å². The summed E-state index contributed by atoms with van der Waals surface area (Å²) < 4.78 is 0. The van der Waals surface area contributed by atoms with Gasteiger partial charge in [0, 0.05) is 45.4 Å². The Bertz CT molecular complexity index is 983. The summed E-state index contributed by atoms with van der Waals surface area (Å²) in [5.41, 5.74) is 3.72. The van der Waals surface area contributed by atoms with Crippen molar-refractivity contribution in [1.29, 1.82) is 0 Å². The van der Waals surface area contributed by atoms with Crippen LogP contribution in [0.2, 0.25) is 10.0 Å². The summed E-state index contributed by atoms with van der Waals surface area (Å²) >= 11 is 12.2. The van der Waals surface area contributed by atoms with E-state index in [0.29, 0.717) is 28.6 Å². The highest BCUT2D eigenvalue weighted by molar-refractivity contribution is 6.31. The molecule has 134 valence electrons. The molecule has 1 aliphatic heterocycles. The standard InChI is InChI=1S/C20H18Cl2N2O2/c21-13-3-1-2-12(10-13)20(26)24-8-6-15-16-11-14(22)4-5-17(16)23-19(15)18(24)7-9-25/h1-5,10-11,18,23,25H,6-9H2. The molecule has 4 rings (SSSR count). The summed E-state index contributed by atoms with van der Waals surface area (Å²) in [5, 5.41) is 11.9. The van der Waals surface area contributed by atoms with Gasteiger partial charge in [0.05, 0.1) is 6.04 Å². The molecule has 0 saturated carbocycles. The molecule has 1 unspecified atom stereocenters. The third-order valence-corrected chi connectivity index (χ3v) is 5.42. The Morgan fingerprint density at radius 3 is 2.77 bits per heavy atom. The van der Waals surface area contributed by atoms with Crippen LogP contribution in [0.5, 0.6) is 0 Å². The van der Waals surface area contributed by atoms with Gasteiger partial charge in [0.2, 0.25) is 0 Å². The molecular formula is C20H18Cl2N2O2. The Kier molecular flexibility index (Phi) is 4.65. The summed E-state index contributed by atoms with van der Waals surface area (Å²) in [7, 11) is 0. The van der Waals surface area contributed by atoms with Gasteiger partial charge >= 0.3 is 0 Å². The van der Waals surface area contributed by atoms with E-state index >= 15 is 0 Å². The third kappa shape index (κ3) is 2.98. The van der Waals surface area contributed by atoms with Gasteiger partial charge in [-0.15, -0.1) is 0 Å². The molecule has 0 fully saturated rings. The van der Waals surface area contributed by atoms with Gasteiger partial charge in [-0.2, -0.15) is 0 Å². The van der Waals surface area contributed by atoms with E-state index in [-0.39, 0.29) is 18.6 Å². The number of carbonyl (C=O) groups excluding carboxylic acids is 1. The molecule has 0 radical (unpaired) electrons.